The summed E-state index contributed by atoms with van der Waals surface area (Å²) in [6.45, 7) is 2.18. The second kappa shape index (κ2) is 9.26. The second-order valence-electron chi connectivity index (χ2n) is 6.62. The summed E-state index contributed by atoms with van der Waals surface area (Å²) in [6.07, 6.45) is 4.45. The summed E-state index contributed by atoms with van der Waals surface area (Å²) in [5.41, 5.74) is 0. The highest BCUT2D eigenvalue weighted by molar-refractivity contribution is 6.17. The first kappa shape index (κ1) is 19.0. The second-order valence-corrected chi connectivity index (χ2v) is 6.62. The number of alkyl halides is 2. The van der Waals surface area contributed by atoms with Crippen LogP contribution in [0.4, 0.5) is 8.78 Å². The average molecular weight is 340 g/mol. The Balaban J connectivity index is 1.82. The fraction of sp³-hybridized carbons (Fsp3) is 0.667. The van der Waals surface area contributed by atoms with E-state index >= 15 is 0 Å². The van der Waals surface area contributed by atoms with Gasteiger partial charge in [0.15, 0.2) is 0 Å². The number of unbranched alkanes of at least 4 members (excludes halogenated alkanes) is 2. The Morgan fingerprint density at radius 2 is 1.71 bits per heavy atom. The Labute approximate surface area is 143 Å². The monoisotopic (exact) mass is 340 g/mol. The molecule has 0 aromatic heterocycles. The van der Waals surface area contributed by atoms with Crippen LogP contribution in [0, 0.1) is 11.8 Å². The van der Waals surface area contributed by atoms with Gasteiger partial charge in [0.1, 0.15) is 11.5 Å². The maximum Gasteiger partial charge on any atom is 0.504 e. The summed E-state index contributed by atoms with van der Waals surface area (Å²) in [6, 6.07) is 5.89. The van der Waals surface area contributed by atoms with Gasteiger partial charge in [-0.15, -0.1) is 0 Å². The highest BCUT2D eigenvalue weighted by Gasteiger charge is 2.43. The van der Waals surface area contributed by atoms with Gasteiger partial charge in [0.2, 0.25) is 0 Å². The minimum absolute atomic E-state index is 0.121. The molecule has 0 heterocycles. The van der Waals surface area contributed by atoms with E-state index in [-0.39, 0.29) is 5.75 Å². The van der Waals surface area contributed by atoms with Crippen molar-refractivity contribution in [1.29, 1.82) is 0 Å². The predicted molar refractivity (Wildman–Crippen MR) is 91.6 cm³/mol. The first-order chi connectivity index (χ1) is 11.5. The SMILES string of the molecule is CCCCC[C@H]1CC[C@H](C(F)(F)Oc2ccc(OBO)cc2)CC1. The van der Waals surface area contributed by atoms with Gasteiger partial charge in [-0.2, -0.15) is 8.78 Å². The zero-order chi connectivity index (χ0) is 17.4. The van der Waals surface area contributed by atoms with Gasteiger partial charge in [-0.3, -0.25) is 0 Å². The standard InChI is InChI=1S/C18H27BF2O3/c1-2-3-4-5-14-6-8-15(9-7-14)18(20,21)23-16-10-12-17(13-11-16)24-19-22/h10-15,19,22H,2-9H2,1H3/t14-,15-. The molecule has 1 aromatic rings. The van der Waals surface area contributed by atoms with Gasteiger partial charge < -0.3 is 14.4 Å². The Hall–Kier alpha value is -1.30. The Bertz CT molecular complexity index is 474. The van der Waals surface area contributed by atoms with E-state index in [1.165, 1.54) is 49.9 Å². The van der Waals surface area contributed by atoms with Crippen molar-refractivity contribution in [3.8, 4) is 11.5 Å². The van der Waals surface area contributed by atoms with E-state index in [2.05, 4.69) is 6.92 Å². The van der Waals surface area contributed by atoms with Gasteiger partial charge in [0.05, 0.1) is 5.92 Å². The van der Waals surface area contributed by atoms with Crippen LogP contribution in [0.3, 0.4) is 0 Å². The maximum absolute atomic E-state index is 14.4. The normalized spacial score (nSPS) is 21.3. The van der Waals surface area contributed by atoms with Crippen LogP contribution >= 0.6 is 0 Å². The summed E-state index contributed by atoms with van der Waals surface area (Å²) in [7, 11) is -0.447. The molecule has 0 atom stereocenters. The molecule has 3 nitrogen and oxygen atoms in total. The fourth-order valence-corrected chi connectivity index (χ4v) is 3.39. The van der Waals surface area contributed by atoms with Gasteiger partial charge in [0.25, 0.3) is 0 Å². The van der Waals surface area contributed by atoms with Crippen molar-refractivity contribution < 1.29 is 23.2 Å². The summed E-state index contributed by atoms with van der Waals surface area (Å²) in [4.78, 5) is 0. The van der Waals surface area contributed by atoms with E-state index in [0.29, 0.717) is 24.5 Å². The molecule has 0 radical (unpaired) electrons. The molecular weight excluding hydrogens is 313 g/mol. The van der Waals surface area contributed by atoms with Crippen LogP contribution in [0.5, 0.6) is 11.5 Å². The van der Waals surface area contributed by atoms with E-state index in [9.17, 15) is 8.78 Å². The number of hydrogen-bond donors (Lipinski definition) is 1. The van der Waals surface area contributed by atoms with E-state index in [4.69, 9.17) is 14.4 Å². The average Bonchev–Trinajstić information content (AvgIpc) is 2.57. The largest absolute Gasteiger partial charge is 0.539 e. The third-order valence-electron chi connectivity index (χ3n) is 4.85. The first-order valence-electron chi connectivity index (χ1n) is 8.95. The van der Waals surface area contributed by atoms with E-state index in [0.717, 1.165) is 12.8 Å². The molecule has 1 aromatic carbocycles. The van der Waals surface area contributed by atoms with Crippen LogP contribution in [0.25, 0.3) is 0 Å². The molecule has 1 fully saturated rings. The van der Waals surface area contributed by atoms with Gasteiger partial charge in [-0.25, -0.2) is 0 Å². The number of hydrogen-bond acceptors (Lipinski definition) is 3. The molecule has 1 aliphatic rings. The maximum atomic E-state index is 14.4. The van der Waals surface area contributed by atoms with Crippen molar-refractivity contribution in [2.45, 2.75) is 64.4 Å². The molecule has 1 aliphatic carbocycles. The third-order valence-corrected chi connectivity index (χ3v) is 4.85. The van der Waals surface area contributed by atoms with Crippen LogP contribution in [-0.2, 0) is 0 Å². The molecule has 6 heteroatoms. The predicted octanol–water partition coefficient (Wildman–Crippen LogP) is 4.68. The fourth-order valence-electron chi connectivity index (χ4n) is 3.39. The van der Waals surface area contributed by atoms with Crippen LogP contribution in [-0.4, -0.2) is 18.8 Å². The van der Waals surface area contributed by atoms with Crippen LogP contribution in [0.2, 0.25) is 0 Å². The van der Waals surface area contributed by atoms with Crippen molar-refractivity contribution >= 4 is 7.69 Å². The first-order valence-corrected chi connectivity index (χ1v) is 8.95. The van der Waals surface area contributed by atoms with E-state index in [1.807, 2.05) is 0 Å². The third kappa shape index (κ3) is 5.65. The Morgan fingerprint density at radius 1 is 1.08 bits per heavy atom. The summed E-state index contributed by atoms with van der Waals surface area (Å²) < 4.78 is 38.6. The van der Waals surface area contributed by atoms with Gasteiger partial charge in [-0.1, -0.05) is 32.6 Å². The minimum atomic E-state index is -3.15. The highest BCUT2D eigenvalue weighted by atomic mass is 19.3. The molecule has 0 aliphatic heterocycles. The van der Waals surface area contributed by atoms with Crippen molar-refractivity contribution in [3.63, 3.8) is 0 Å². The molecular formula is C18H27BF2O3. The topological polar surface area (TPSA) is 38.7 Å². The van der Waals surface area contributed by atoms with Gasteiger partial charge in [0, 0.05) is 0 Å². The van der Waals surface area contributed by atoms with Crippen molar-refractivity contribution in [2.24, 2.45) is 11.8 Å². The van der Waals surface area contributed by atoms with Crippen molar-refractivity contribution in [2.75, 3.05) is 0 Å². The minimum Gasteiger partial charge on any atom is -0.539 e. The lowest BCUT2D eigenvalue weighted by Crippen LogP contribution is -2.37. The highest BCUT2D eigenvalue weighted by Crippen LogP contribution is 2.41. The van der Waals surface area contributed by atoms with Crippen molar-refractivity contribution in [1.82, 2.24) is 0 Å². The lowest BCUT2D eigenvalue weighted by atomic mass is 9.79. The molecule has 0 saturated heterocycles. The Morgan fingerprint density at radius 3 is 2.29 bits per heavy atom. The number of halogens is 2. The molecule has 0 bridgehead atoms. The molecule has 24 heavy (non-hydrogen) atoms. The number of ether oxygens (including phenoxy) is 1. The zero-order valence-electron chi connectivity index (χ0n) is 14.3. The summed E-state index contributed by atoms with van der Waals surface area (Å²) in [5.74, 6) is 0.419. The number of benzene rings is 1. The molecule has 1 N–H and O–H groups in total. The van der Waals surface area contributed by atoms with E-state index in [1.54, 1.807) is 0 Å². The smallest absolute Gasteiger partial charge is 0.504 e. The van der Waals surface area contributed by atoms with Gasteiger partial charge in [-0.05, 0) is 55.9 Å². The van der Waals surface area contributed by atoms with Crippen LogP contribution in [0.15, 0.2) is 24.3 Å². The summed E-state index contributed by atoms with van der Waals surface area (Å²) in [5, 5.41) is 8.66. The molecule has 2 rings (SSSR count). The lowest BCUT2D eigenvalue weighted by Gasteiger charge is -2.33. The number of rotatable bonds is 9. The van der Waals surface area contributed by atoms with Gasteiger partial charge >= 0.3 is 13.8 Å². The van der Waals surface area contributed by atoms with Crippen molar-refractivity contribution in [3.05, 3.63) is 24.3 Å². The molecule has 134 valence electrons. The molecule has 0 spiro atoms. The molecule has 1 saturated carbocycles. The molecule has 0 unspecified atom stereocenters. The zero-order valence-corrected chi connectivity index (χ0v) is 14.3. The lowest BCUT2D eigenvalue weighted by molar-refractivity contribution is -0.223. The molecule has 0 amide bonds. The van der Waals surface area contributed by atoms with Crippen LogP contribution in [0.1, 0.15) is 58.3 Å². The van der Waals surface area contributed by atoms with Crippen LogP contribution < -0.4 is 9.39 Å². The summed E-state index contributed by atoms with van der Waals surface area (Å²) >= 11 is 0. The quantitative estimate of drug-likeness (QED) is 0.524. The Kier molecular flexibility index (Phi) is 7.34. The van der Waals surface area contributed by atoms with E-state index < -0.39 is 19.7 Å².